The Morgan fingerprint density at radius 3 is 2.59 bits per heavy atom. The van der Waals surface area contributed by atoms with E-state index in [4.69, 9.17) is 0 Å². The lowest BCUT2D eigenvalue weighted by atomic mass is 9.85. The summed E-state index contributed by atoms with van der Waals surface area (Å²) in [5.41, 5.74) is 0.727. The molecular formula is C16H23N3O2S. The van der Waals surface area contributed by atoms with Gasteiger partial charge >= 0.3 is 6.03 Å². The van der Waals surface area contributed by atoms with E-state index in [0.29, 0.717) is 19.0 Å². The van der Waals surface area contributed by atoms with Gasteiger partial charge in [-0.25, -0.2) is 4.79 Å². The van der Waals surface area contributed by atoms with E-state index in [0.717, 1.165) is 24.9 Å². The van der Waals surface area contributed by atoms with Gasteiger partial charge in [0.2, 0.25) is 0 Å². The molecule has 5 nitrogen and oxygen atoms in total. The average molecular weight is 321 g/mol. The Labute approximate surface area is 135 Å². The smallest absolute Gasteiger partial charge is 0.317 e. The van der Waals surface area contributed by atoms with E-state index in [9.17, 15) is 9.59 Å². The molecule has 1 aromatic rings. The second kappa shape index (κ2) is 7.13. The maximum atomic E-state index is 12.1. The van der Waals surface area contributed by atoms with Gasteiger partial charge in [0.1, 0.15) is 0 Å². The van der Waals surface area contributed by atoms with Gasteiger partial charge in [0.25, 0.3) is 5.91 Å². The third-order valence-electron chi connectivity index (χ3n) is 4.67. The molecule has 1 aliphatic heterocycles. The minimum Gasteiger partial charge on any atom is -0.349 e. The summed E-state index contributed by atoms with van der Waals surface area (Å²) in [7, 11) is 0. The number of rotatable bonds is 4. The number of hydrogen-bond donors (Lipinski definition) is 2. The van der Waals surface area contributed by atoms with Crippen molar-refractivity contribution in [2.24, 2.45) is 5.92 Å². The van der Waals surface area contributed by atoms with Crippen molar-refractivity contribution in [3.63, 3.8) is 0 Å². The molecule has 1 saturated carbocycles. The van der Waals surface area contributed by atoms with Crippen LogP contribution in [-0.2, 0) is 0 Å². The van der Waals surface area contributed by atoms with Crippen molar-refractivity contribution in [1.82, 2.24) is 15.5 Å². The van der Waals surface area contributed by atoms with Crippen molar-refractivity contribution in [3.05, 3.63) is 22.4 Å². The number of likely N-dealkylation sites (tertiary alicyclic amines) is 1. The Morgan fingerprint density at radius 2 is 2.00 bits per heavy atom. The van der Waals surface area contributed by atoms with Crippen molar-refractivity contribution < 1.29 is 9.59 Å². The molecule has 1 aromatic heterocycles. The van der Waals surface area contributed by atoms with E-state index in [1.54, 1.807) is 0 Å². The average Bonchev–Trinajstić information content (AvgIpc) is 3.00. The van der Waals surface area contributed by atoms with Crippen LogP contribution in [0.1, 0.15) is 42.5 Å². The highest BCUT2D eigenvalue weighted by atomic mass is 32.1. The van der Waals surface area contributed by atoms with Crippen LogP contribution in [0.3, 0.4) is 0 Å². The lowest BCUT2D eigenvalue weighted by molar-refractivity contribution is 0.0918. The quantitative estimate of drug-likeness (QED) is 0.895. The van der Waals surface area contributed by atoms with Gasteiger partial charge in [0.15, 0.2) is 0 Å². The number of hydrogen-bond acceptors (Lipinski definition) is 3. The zero-order chi connectivity index (χ0) is 15.4. The molecular weight excluding hydrogens is 298 g/mol. The molecule has 2 heterocycles. The summed E-state index contributed by atoms with van der Waals surface area (Å²) in [6, 6.07) is 2.06. The lowest BCUT2D eigenvalue weighted by Gasteiger charge is -2.33. The second-order valence-corrected chi connectivity index (χ2v) is 7.01. The van der Waals surface area contributed by atoms with Crippen molar-refractivity contribution >= 4 is 23.3 Å². The van der Waals surface area contributed by atoms with Crippen molar-refractivity contribution in [1.29, 1.82) is 0 Å². The predicted octanol–water partition coefficient (Wildman–Crippen LogP) is 2.45. The molecule has 0 radical (unpaired) electrons. The first kappa shape index (κ1) is 15.3. The van der Waals surface area contributed by atoms with E-state index in [1.165, 1.54) is 30.6 Å². The molecule has 1 saturated heterocycles. The molecule has 0 aromatic carbocycles. The molecule has 1 aliphatic carbocycles. The fraction of sp³-hybridized carbons (Fsp3) is 0.625. The number of nitrogens with one attached hydrogen (secondary N) is 2. The number of amides is 3. The molecule has 2 N–H and O–H groups in total. The van der Waals surface area contributed by atoms with Gasteiger partial charge in [-0.1, -0.05) is 6.42 Å². The van der Waals surface area contributed by atoms with Crippen LogP contribution in [0.4, 0.5) is 4.79 Å². The number of nitrogens with zero attached hydrogens (tertiary/aromatic N) is 1. The van der Waals surface area contributed by atoms with Crippen LogP contribution in [0, 0.1) is 5.92 Å². The summed E-state index contributed by atoms with van der Waals surface area (Å²) in [4.78, 5) is 26.0. The summed E-state index contributed by atoms with van der Waals surface area (Å²) < 4.78 is 0. The minimum atomic E-state index is -0.00543. The minimum absolute atomic E-state index is 0.00543. The molecule has 3 amide bonds. The van der Waals surface area contributed by atoms with Crippen LogP contribution in [0.2, 0.25) is 0 Å². The summed E-state index contributed by atoms with van der Waals surface area (Å²) in [6.07, 6.45) is 5.45. The van der Waals surface area contributed by atoms with Crippen LogP contribution < -0.4 is 10.6 Å². The third kappa shape index (κ3) is 3.80. The number of piperidine rings is 1. The van der Waals surface area contributed by atoms with E-state index in [-0.39, 0.29) is 18.0 Å². The fourth-order valence-corrected chi connectivity index (χ4v) is 3.57. The van der Waals surface area contributed by atoms with Crippen molar-refractivity contribution in [3.8, 4) is 0 Å². The number of carbonyl (C=O) groups excluding carboxylic acids is 2. The molecule has 0 unspecified atom stereocenters. The van der Waals surface area contributed by atoms with Gasteiger partial charge in [-0.15, -0.1) is 0 Å². The molecule has 0 bridgehead atoms. The van der Waals surface area contributed by atoms with E-state index in [2.05, 4.69) is 10.6 Å². The maximum absolute atomic E-state index is 12.1. The van der Waals surface area contributed by atoms with Gasteiger partial charge in [-0.05, 0) is 43.0 Å². The van der Waals surface area contributed by atoms with Crippen LogP contribution in [0.5, 0.6) is 0 Å². The Hall–Kier alpha value is -1.56. The standard InChI is InChI=1S/C16H23N3O2S/c20-15(13-6-9-22-11-13)18-14-4-7-19(8-5-14)16(21)17-10-12-2-1-3-12/h6,9,11-12,14H,1-5,7-8,10H2,(H,17,21)(H,18,20). The summed E-state index contributed by atoms with van der Waals surface area (Å²) in [5.74, 6) is 0.681. The van der Waals surface area contributed by atoms with Crippen LogP contribution in [0.25, 0.3) is 0 Å². The highest BCUT2D eigenvalue weighted by Crippen LogP contribution is 2.25. The first-order valence-electron chi connectivity index (χ1n) is 8.08. The zero-order valence-corrected chi connectivity index (χ0v) is 13.5. The normalized spacial score (nSPS) is 19.5. The maximum Gasteiger partial charge on any atom is 0.317 e. The third-order valence-corrected chi connectivity index (χ3v) is 5.35. The summed E-state index contributed by atoms with van der Waals surface area (Å²) in [5, 5.41) is 9.86. The van der Waals surface area contributed by atoms with Crippen LogP contribution >= 0.6 is 11.3 Å². The first-order valence-corrected chi connectivity index (χ1v) is 9.02. The highest BCUT2D eigenvalue weighted by Gasteiger charge is 2.25. The van der Waals surface area contributed by atoms with Gasteiger partial charge in [0.05, 0.1) is 0 Å². The Kier molecular flexibility index (Phi) is 4.97. The molecule has 120 valence electrons. The Bertz CT molecular complexity index is 505. The highest BCUT2D eigenvalue weighted by molar-refractivity contribution is 7.08. The molecule has 0 atom stereocenters. The number of carbonyl (C=O) groups is 2. The van der Waals surface area contributed by atoms with Gasteiger partial charge in [-0.3, -0.25) is 4.79 Å². The fourth-order valence-electron chi connectivity index (χ4n) is 2.93. The van der Waals surface area contributed by atoms with E-state index >= 15 is 0 Å². The Balaban J connectivity index is 1.38. The largest absolute Gasteiger partial charge is 0.349 e. The van der Waals surface area contributed by atoms with Gasteiger partial charge in [-0.2, -0.15) is 11.3 Å². The molecule has 2 fully saturated rings. The van der Waals surface area contributed by atoms with Gasteiger partial charge in [0, 0.05) is 36.6 Å². The summed E-state index contributed by atoms with van der Waals surface area (Å²) in [6.45, 7) is 2.24. The number of thiophene rings is 1. The number of urea groups is 1. The molecule has 2 aliphatic rings. The molecule has 3 rings (SSSR count). The van der Waals surface area contributed by atoms with Crippen molar-refractivity contribution in [2.75, 3.05) is 19.6 Å². The molecule has 0 spiro atoms. The summed E-state index contributed by atoms with van der Waals surface area (Å²) >= 11 is 1.53. The Morgan fingerprint density at radius 1 is 1.23 bits per heavy atom. The first-order chi connectivity index (χ1) is 10.7. The monoisotopic (exact) mass is 321 g/mol. The van der Waals surface area contributed by atoms with Crippen LogP contribution in [0.15, 0.2) is 16.8 Å². The van der Waals surface area contributed by atoms with Crippen LogP contribution in [-0.4, -0.2) is 42.5 Å². The topological polar surface area (TPSA) is 61.4 Å². The van der Waals surface area contributed by atoms with Gasteiger partial charge < -0.3 is 15.5 Å². The zero-order valence-electron chi connectivity index (χ0n) is 12.7. The lowest BCUT2D eigenvalue weighted by Crippen LogP contribution is -2.50. The van der Waals surface area contributed by atoms with Crippen molar-refractivity contribution in [2.45, 2.75) is 38.1 Å². The predicted molar refractivity (Wildman–Crippen MR) is 87.1 cm³/mol. The molecule has 22 heavy (non-hydrogen) atoms. The van der Waals surface area contributed by atoms with E-state index < -0.39 is 0 Å². The SMILES string of the molecule is O=C(NC1CCN(C(=O)NCC2CCC2)CC1)c1ccsc1. The molecule has 6 heteroatoms. The van der Waals surface area contributed by atoms with E-state index in [1.807, 2.05) is 21.7 Å². The second-order valence-electron chi connectivity index (χ2n) is 6.23.